The van der Waals surface area contributed by atoms with Crippen molar-refractivity contribution in [2.24, 2.45) is 0 Å². The van der Waals surface area contributed by atoms with Gasteiger partial charge >= 0.3 is 0 Å². The van der Waals surface area contributed by atoms with Crippen LogP contribution in [0.5, 0.6) is 5.75 Å². The van der Waals surface area contributed by atoms with Crippen LogP contribution < -0.4 is 0 Å². The number of aromatic hydroxyl groups is 1. The molecule has 2 aromatic heterocycles. The summed E-state index contributed by atoms with van der Waals surface area (Å²) in [7, 11) is 0. The van der Waals surface area contributed by atoms with E-state index in [2.05, 4.69) is 9.97 Å². The lowest BCUT2D eigenvalue weighted by Crippen LogP contribution is -2.35. The van der Waals surface area contributed by atoms with Crippen molar-refractivity contribution in [1.82, 2.24) is 14.9 Å². The van der Waals surface area contributed by atoms with Crippen molar-refractivity contribution in [2.45, 2.75) is 32.6 Å². The van der Waals surface area contributed by atoms with Gasteiger partial charge in [0.15, 0.2) is 5.75 Å². The molecule has 134 valence electrons. The lowest BCUT2D eigenvalue weighted by Gasteiger charge is -2.26. The van der Waals surface area contributed by atoms with E-state index in [1.54, 1.807) is 0 Å². The van der Waals surface area contributed by atoms with Crippen LogP contribution in [0.15, 0.2) is 30.3 Å². The van der Waals surface area contributed by atoms with E-state index in [0.29, 0.717) is 33.0 Å². The molecule has 1 aliphatic heterocycles. The van der Waals surface area contributed by atoms with E-state index in [1.807, 2.05) is 42.2 Å². The van der Waals surface area contributed by atoms with Crippen molar-refractivity contribution < 1.29 is 9.90 Å². The Morgan fingerprint density at radius 2 is 1.88 bits per heavy atom. The van der Waals surface area contributed by atoms with E-state index in [0.717, 1.165) is 37.9 Å². The third kappa shape index (κ3) is 3.17. The van der Waals surface area contributed by atoms with Crippen LogP contribution in [0.25, 0.3) is 10.2 Å². The molecule has 1 fully saturated rings. The maximum absolute atomic E-state index is 12.8. The molecule has 6 heteroatoms. The first-order chi connectivity index (χ1) is 12.6. The predicted molar refractivity (Wildman–Crippen MR) is 103 cm³/mol. The minimum absolute atomic E-state index is 0.0318. The summed E-state index contributed by atoms with van der Waals surface area (Å²) in [5.41, 5.74) is 1.85. The van der Waals surface area contributed by atoms with Crippen LogP contribution in [0.3, 0.4) is 0 Å². The first-order valence-electron chi connectivity index (χ1n) is 8.95. The Morgan fingerprint density at radius 3 is 2.62 bits per heavy atom. The summed E-state index contributed by atoms with van der Waals surface area (Å²) in [6.07, 6.45) is 3.84. The molecule has 4 rings (SSSR count). The molecule has 0 aliphatic carbocycles. The minimum Gasteiger partial charge on any atom is -0.505 e. The van der Waals surface area contributed by atoms with Crippen molar-refractivity contribution >= 4 is 27.5 Å². The molecule has 1 aromatic carbocycles. The number of nitrogens with zero attached hydrogens (tertiary/aromatic N) is 3. The Kier molecular flexibility index (Phi) is 4.59. The largest absolute Gasteiger partial charge is 0.505 e. The zero-order valence-corrected chi connectivity index (χ0v) is 15.6. The first-order valence-corrected chi connectivity index (χ1v) is 9.77. The maximum atomic E-state index is 12.8. The number of hydrogen-bond acceptors (Lipinski definition) is 5. The zero-order chi connectivity index (χ0) is 18.1. The van der Waals surface area contributed by atoms with Crippen molar-refractivity contribution in [3.05, 3.63) is 52.3 Å². The smallest absolute Gasteiger partial charge is 0.267 e. The zero-order valence-electron chi connectivity index (χ0n) is 14.7. The second kappa shape index (κ2) is 7.03. The van der Waals surface area contributed by atoms with Crippen LogP contribution in [0.1, 0.15) is 46.0 Å². The highest BCUT2D eigenvalue weighted by atomic mass is 32.1. The van der Waals surface area contributed by atoms with Crippen LogP contribution in [0.2, 0.25) is 0 Å². The standard InChI is InChI=1S/C20H21N3O2S/c1-13-16-17(24)18(20(25)23-10-6-3-7-11-23)26-19(16)22-15(21-13)12-14-8-4-2-5-9-14/h2,4-5,8-9,24H,3,6-7,10-12H2,1H3. The Labute approximate surface area is 156 Å². The highest BCUT2D eigenvalue weighted by Crippen LogP contribution is 2.38. The van der Waals surface area contributed by atoms with Crippen LogP contribution >= 0.6 is 11.3 Å². The van der Waals surface area contributed by atoms with Gasteiger partial charge in [-0.25, -0.2) is 9.97 Å². The van der Waals surface area contributed by atoms with Gasteiger partial charge in [-0.2, -0.15) is 0 Å². The number of rotatable bonds is 3. The Bertz CT molecular complexity index is 947. The first kappa shape index (κ1) is 17.0. The van der Waals surface area contributed by atoms with Crippen molar-refractivity contribution in [1.29, 1.82) is 0 Å². The lowest BCUT2D eigenvalue weighted by molar-refractivity contribution is 0.0726. The minimum atomic E-state index is -0.0887. The molecule has 3 heterocycles. The van der Waals surface area contributed by atoms with Gasteiger partial charge in [0.2, 0.25) is 0 Å². The summed E-state index contributed by atoms with van der Waals surface area (Å²) in [6.45, 7) is 3.38. The van der Waals surface area contributed by atoms with E-state index < -0.39 is 0 Å². The molecule has 1 N–H and O–H groups in total. The molecule has 0 bridgehead atoms. The molecule has 0 radical (unpaired) electrons. The molecular formula is C20H21N3O2S. The van der Waals surface area contributed by atoms with Gasteiger partial charge in [0.25, 0.3) is 5.91 Å². The van der Waals surface area contributed by atoms with Gasteiger partial charge < -0.3 is 10.0 Å². The maximum Gasteiger partial charge on any atom is 0.267 e. The molecule has 1 amide bonds. The molecule has 0 saturated carbocycles. The van der Waals surface area contributed by atoms with Crippen LogP contribution in [0, 0.1) is 6.92 Å². The van der Waals surface area contributed by atoms with Crippen LogP contribution in [0.4, 0.5) is 0 Å². The second-order valence-corrected chi connectivity index (χ2v) is 7.70. The molecule has 1 saturated heterocycles. The number of aryl methyl sites for hydroxylation is 1. The number of fused-ring (bicyclic) bond motifs is 1. The van der Waals surface area contributed by atoms with E-state index in [9.17, 15) is 9.90 Å². The third-order valence-corrected chi connectivity index (χ3v) is 5.86. The average Bonchev–Trinajstić information content (AvgIpc) is 2.99. The highest BCUT2D eigenvalue weighted by Gasteiger charge is 2.26. The van der Waals surface area contributed by atoms with Gasteiger partial charge in [0, 0.05) is 19.5 Å². The number of likely N-dealkylation sites (tertiary alicyclic amines) is 1. The van der Waals surface area contributed by atoms with E-state index in [1.165, 1.54) is 11.3 Å². The topological polar surface area (TPSA) is 66.3 Å². The fraction of sp³-hybridized carbons (Fsp3) is 0.350. The Morgan fingerprint density at radius 1 is 1.15 bits per heavy atom. The molecule has 26 heavy (non-hydrogen) atoms. The molecule has 5 nitrogen and oxygen atoms in total. The summed E-state index contributed by atoms with van der Waals surface area (Å²) in [5.74, 6) is 0.651. The normalized spacial score (nSPS) is 14.7. The van der Waals surface area contributed by atoms with E-state index >= 15 is 0 Å². The number of carbonyl (C=O) groups excluding carboxylic acids is 1. The van der Waals surface area contributed by atoms with Gasteiger partial charge in [0.1, 0.15) is 15.5 Å². The lowest BCUT2D eigenvalue weighted by atomic mass is 10.1. The number of benzene rings is 1. The van der Waals surface area contributed by atoms with Crippen molar-refractivity contribution in [3.63, 3.8) is 0 Å². The monoisotopic (exact) mass is 367 g/mol. The van der Waals surface area contributed by atoms with Gasteiger partial charge in [-0.3, -0.25) is 4.79 Å². The van der Waals surface area contributed by atoms with Gasteiger partial charge in [-0.05, 0) is 31.7 Å². The quantitative estimate of drug-likeness (QED) is 0.762. The SMILES string of the molecule is Cc1nc(Cc2ccccc2)nc2sc(C(=O)N3CCCCC3)c(O)c12. The average molecular weight is 367 g/mol. The summed E-state index contributed by atoms with van der Waals surface area (Å²) < 4.78 is 0. The van der Waals surface area contributed by atoms with Crippen molar-refractivity contribution in [3.8, 4) is 5.75 Å². The number of aromatic nitrogens is 2. The van der Waals surface area contributed by atoms with E-state index in [-0.39, 0.29) is 11.7 Å². The molecule has 0 unspecified atom stereocenters. The summed E-state index contributed by atoms with van der Waals surface area (Å²) >= 11 is 1.27. The fourth-order valence-electron chi connectivity index (χ4n) is 3.45. The molecular weight excluding hydrogens is 346 g/mol. The Hall–Kier alpha value is -2.47. The number of hydrogen-bond donors (Lipinski definition) is 1. The molecule has 1 aliphatic rings. The predicted octanol–water partition coefficient (Wildman–Crippen LogP) is 3.92. The molecule has 0 atom stereocenters. The van der Waals surface area contributed by atoms with Crippen LogP contribution in [-0.4, -0.2) is 39.0 Å². The summed E-state index contributed by atoms with van der Waals surface area (Å²) in [4.78, 5) is 24.9. The summed E-state index contributed by atoms with van der Waals surface area (Å²) in [6, 6.07) is 10.1. The van der Waals surface area contributed by atoms with Gasteiger partial charge in [0.05, 0.1) is 11.1 Å². The van der Waals surface area contributed by atoms with E-state index in [4.69, 9.17) is 0 Å². The summed E-state index contributed by atoms with van der Waals surface area (Å²) in [5, 5.41) is 11.2. The van der Waals surface area contributed by atoms with Gasteiger partial charge in [-0.15, -0.1) is 11.3 Å². The number of piperidine rings is 1. The third-order valence-electron chi connectivity index (χ3n) is 4.80. The van der Waals surface area contributed by atoms with Crippen molar-refractivity contribution in [2.75, 3.05) is 13.1 Å². The Balaban J connectivity index is 1.69. The highest BCUT2D eigenvalue weighted by molar-refractivity contribution is 7.20. The number of amides is 1. The molecule has 0 spiro atoms. The molecule has 3 aromatic rings. The fourth-order valence-corrected chi connectivity index (χ4v) is 4.56. The van der Waals surface area contributed by atoms with Crippen LogP contribution in [-0.2, 0) is 6.42 Å². The number of thiophene rings is 1. The van der Waals surface area contributed by atoms with Gasteiger partial charge in [-0.1, -0.05) is 30.3 Å². The second-order valence-electron chi connectivity index (χ2n) is 6.70. The number of carbonyl (C=O) groups is 1.